The largest absolute Gasteiger partial charge is 0.475 e. The van der Waals surface area contributed by atoms with Crippen LogP contribution in [0.1, 0.15) is 5.56 Å². The van der Waals surface area contributed by atoms with E-state index in [-0.39, 0.29) is 11.3 Å². The van der Waals surface area contributed by atoms with E-state index >= 15 is 0 Å². The van der Waals surface area contributed by atoms with E-state index in [2.05, 4.69) is 0 Å². The van der Waals surface area contributed by atoms with E-state index < -0.39 is 5.97 Å². The molecule has 4 heteroatoms. The predicted molar refractivity (Wildman–Crippen MR) is 82.8 cm³/mol. The number of nitrogens with zero attached hydrogens (tertiary/aromatic N) is 1. The van der Waals surface area contributed by atoms with Gasteiger partial charge in [-0.15, -0.1) is 0 Å². The highest BCUT2D eigenvalue weighted by molar-refractivity contribution is 5.86. The van der Waals surface area contributed by atoms with Crippen LogP contribution in [0.5, 0.6) is 5.75 Å². The molecule has 0 aromatic heterocycles. The maximum absolute atomic E-state index is 11.3. The molecule has 0 saturated heterocycles. The Bertz CT molecular complexity index is 741. The summed E-state index contributed by atoms with van der Waals surface area (Å²) >= 11 is 0. The maximum Gasteiger partial charge on any atom is 0.371 e. The molecule has 0 aliphatic heterocycles. The van der Waals surface area contributed by atoms with Gasteiger partial charge in [0.2, 0.25) is 5.76 Å². The predicted octanol–water partition coefficient (Wildman–Crippen LogP) is 3.64. The second kappa shape index (κ2) is 7.46. The van der Waals surface area contributed by atoms with Gasteiger partial charge in [-0.1, -0.05) is 48.5 Å². The summed E-state index contributed by atoms with van der Waals surface area (Å²) in [5, 5.41) is 18.4. The van der Waals surface area contributed by atoms with E-state index in [4.69, 9.17) is 4.74 Å². The molecule has 0 unspecified atom stereocenters. The minimum atomic E-state index is -1.24. The summed E-state index contributed by atoms with van der Waals surface area (Å²) in [7, 11) is 0. The number of hydrogen-bond donors (Lipinski definition) is 1. The van der Waals surface area contributed by atoms with Crippen LogP contribution >= 0.6 is 0 Å². The van der Waals surface area contributed by atoms with Crippen molar-refractivity contribution >= 4 is 12.0 Å². The molecule has 22 heavy (non-hydrogen) atoms. The van der Waals surface area contributed by atoms with Crippen LogP contribution in [0.4, 0.5) is 0 Å². The molecule has 108 valence electrons. The van der Waals surface area contributed by atoms with Gasteiger partial charge in [0.15, 0.2) is 0 Å². The number of carbonyl (C=O) groups is 1. The number of aliphatic carboxylic acids is 1. The zero-order chi connectivity index (χ0) is 15.8. The molecule has 0 amide bonds. The van der Waals surface area contributed by atoms with Crippen LogP contribution in [-0.2, 0) is 4.79 Å². The molecule has 0 heterocycles. The van der Waals surface area contributed by atoms with Crippen LogP contribution in [-0.4, -0.2) is 11.1 Å². The molecule has 0 bridgehead atoms. The monoisotopic (exact) mass is 291 g/mol. The lowest BCUT2D eigenvalue weighted by Gasteiger charge is -2.05. The highest BCUT2D eigenvalue weighted by atomic mass is 16.5. The SMILES string of the molecule is N#CC(=Cc1ccccc1)C=C(Oc1ccccc1)C(=O)O. The fourth-order valence-electron chi connectivity index (χ4n) is 1.73. The Kier molecular flexibility index (Phi) is 5.11. The van der Waals surface area contributed by atoms with Gasteiger partial charge in [-0.2, -0.15) is 5.26 Å². The Morgan fingerprint density at radius 1 is 1.05 bits per heavy atom. The van der Waals surface area contributed by atoms with Crippen molar-refractivity contribution in [3.8, 4) is 11.8 Å². The van der Waals surface area contributed by atoms with Gasteiger partial charge in [0.05, 0.1) is 11.6 Å². The van der Waals surface area contributed by atoms with E-state index in [9.17, 15) is 15.2 Å². The Labute approximate surface area is 128 Å². The van der Waals surface area contributed by atoms with E-state index in [0.717, 1.165) is 5.56 Å². The lowest BCUT2D eigenvalue weighted by atomic mass is 10.1. The number of ether oxygens (including phenoxy) is 1. The number of carboxylic acids is 1. The third-order valence-corrected chi connectivity index (χ3v) is 2.72. The first-order valence-electron chi connectivity index (χ1n) is 6.54. The zero-order valence-electron chi connectivity index (χ0n) is 11.6. The van der Waals surface area contributed by atoms with Gasteiger partial charge in [0.25, 0.3) is 0 Å². The van der Waals surface area contributed by atoms with Crippen molar-refractivity contribution in [3.05, 3.63) is 83.6 Å². The van der Waals surface area contributed by atoms with Crippen LogP contribution in [0.25, 0.3) is 6.08 Å². The number of para-hydroxylation sites is 1. The minimum absolute atomic E-state index is 0.194. The molecule has 0 saturated carbocycles. The quantitative estimate of drug-likeness (QED) is 0.395. The maximum atomic E-state index is 11.3. The second-order valence-corrected chi connectivity index (χ2v) is 4.35. The van der Waals surface area contributed by atoms with Crippen LogP contribution < -0.4 is 4.74 Å². The number of rotatable bonds is 5. The first-order valence-corrected chi connectivity index (χ1v) is 6.54. The van der Waals surface area contributed by atoms with E-state index in [1.165, 1.54) is 6.08 Å². The Balaban J connectivity index is 2.30. The van der Waals surface area contributed by atoms with Crippen molar-refractivity contribution in [2.75, 3.05) is 0 Å². The first-order chi connectivity index (χ1) is 10.7. The number of hydrogen-bond acceptors (Lipinski definition) is 3. The van der Waals surface area contributed by atoms with Gasteiger partial charge < -0.3 is 9.84 Å². The summed E-state index contributed by atoms with van der Waals surface area (Å²) < 4.78 is 5.32. The van der Waals surface area contributed by atoms with Crippen molar-refractivity contribution < 1.29 is 14.6 Å². The highest BCUT2D eigenvalue weighted by Crippen LogP contribution is 2.15. The molecule has 2 aromatic carbocycles. The van der Waals surface area contributed by atoms with Gasteiger partial charge >= 0.3 is 5.97 Å². The van der Waals surface area contributed by atoms with Crippen molar-refractivity contribution in [1.82, 2.24) is 0 Å². The number of allylic oxidation sites excluding steroid dienone is 2. The molecule has 0 aliphatic carbocycles. The summed E-state index contributed by atoms with van der Waals surface area (Å²) in [6.07, 6.45) is 2.81. The molecule has 2 rings (SSSR count). The Hall–Kier alpha value is -3.32. The summed E-state index contributed by atoms with van der Waals surface area (Å²) in [5.74, 6) is -1.15. The van der Waals surface area contributed by atoms with Crippen LogP contribution in [0, 0.1) is 11.3 Å². The fourth-order valence-corrected chi connectivity index (χ4v) is 1.73. The molecule has 0 atom stereocenters. The van der Waals surface area contributed by atoms with E-state index in [0.29, 0.717) is 5.75 Å². The Morgan fingerprint density at radius 3 is 2.18 bits per heavy atom. The molecular formula is C18H13NO3. The average Bonchev–Trinajstić information content (AvgIpc) is 2.55. The van der Waals surface area contributed by atoms with Crippen molar-refractivity contribution in [2.45, 2.75) is 0 Å². The van der Waals surface area contributed by atoms with Crippen molar-refractivity contribution in [2.24, 2.45) is 0 Å². The number of carboxylic acid groups (broad SMARTS) is 1. The van der Waals surface area contributed by atoms with Crippen LogP contribution in [0.2, 0.25) is 0 Å². The molecule has 4 nitrogen and oxygen atoms in total. The molecule has 0 aliphatic rings. The molecular weight excluding hydrogens is 278 g/mol. The summed E-state index contributed by atoms with van der Waals surface area (Å²) in [6.45, 7) is 0. The molecule has 1 N–H and O–H groups in total. The standard InChI is InChI=1S/C18H13NO3/c19-13-15(11-14-7-3-1-4-8-14)12-17(18(20)21)22-16-9-5-2-6-10-16/h1-12H,(H,20,21). The number of benzene rings is 2. The fraction of sp³-hybridized carbons (Fsp3) is 0. The van der Waals surface area contributed by atoms with E-state index in [1.54, 1.807) is 36.4 Å². The summed E-state index contributed by atoms with van der Waals surface area (Å²) in [5.41, 5.74) is 0.999. The summed E-state index contributed by atoms with van der Waals surface area (Å²) in [6, 6.07) is 19.7. The molecule has 0 radical (unpaired) electrons. The normalized spacial score (nSPS) is 11.6. The first kappa shape index (κ1) is 15.1. The zero-order valence-corrected chi connectivity index (χ0v) is 11.6. The Morgan fingerprint density at radius 2 is 1.64 bits per heavy atom. The molecule has 0 spiro atoms. The molecule has 0 fully saturated rings. The van der Waals surface area contributed by atoms with Crippen LogP contribution in [0.3, 0.4) is 0 Å². The van der Waals surface area contributed by atoms with Gasteiger partial charge in [-0.25, -0.2) is 4.79 Å². The smallest absolute Gasteiger partial charge is 0.371 e. The second-order valence-electron chi connectivity index (χ2n) is 4.35. The van der Waals surface area contributed by atoms with Crippen LogP contribution in [0.15, 0.2) is 78.1 Å². The van der Waals surface area contributed by atoms with Gasteiger partial charge in [0.1, 0.15) is 5.75 Å². The minimum Gasteiger partial charge on any atom is -0.475 e. The average molecular weight is 291 g/mol. The topological polar surface area (TPSA) is 70.3 Å². The van der Waals surface area contributed by atoms with E-state index in [1.807, 2.05) is 36.4 Å². The third kappa shape index (κ3) is 4.36. The third-order valence-electron chi connectivity index (χ3n) is 2.72. The highest BCUT2D eigenvalue weighted by Gasteiger charge is 2.11. The van der Waals surface area contributed by atoms with Gasteiger partial charge in [-0.05, 0) is 23.8 Å². The number of nitriles is 1. The van der Waals surface area contributed by atoms with Crippen molar-refractivity contribution in [3.63, 3.8) is 0 Å². The lowest BCUT2D eigenvalue weighted by Crippen LogP contribution is -2.08. The van der Waals surface area contributed by atoms with Gasteiger partial charge in [-0.3, -0.25) is 0 Å². The summed E-state index contributed by atoms with van der Waals surface area (Å²) in [4.78, 5) is 11.3. The van der Waals surface area contributed by atoms with Gasteiger partial charge in [0, 0.05) is 6.08 Å². The van der Waals surface area contributed by atoms with Crippen molar-refractivity contribution in [1.29, 1.82) is 5.26 Å². The molecule has 2 aromatic rings. The lowest BCUT2D eigenvalue weighted by molar-refractivity contribution is -0.135.